The number of benzene rings is 2. The molecular weight excluding hydrogens is 1220 g/mol. The smallest absolute Gasteiger partial charge is 0.320 e. The number of likely N-dealkylation sites (tertiary alicyclic amines) is 1. The third kappa shape index (κ3) is 25.8. The number of nitrogens with one attached hydrogen (secondary N) is 10. The Morgan fingerprint density at radius 1 is 0.663 bits per heavy atom. The maximum Gasteiger partial charge on any atom is 0.320 e. The van der Waals surface area contributed by atoms with Gasteiger partial charge in [0.1, 0.15) is 71.6 Å². The quantitative estimate of drug-likeness (QED) is 0.0114. The van der Waals surface area contributed by atoms with E-state index in [4.69, 9.17) is 43.2 Å². The highest BCUT2D eigenvalue weighted by Crippen LogP contribution is 2.45. The Labute approximate surface area is 560 Å². The van der Waals surface area contributed by atoms with Crippen LogP contribution < -0.4 is 74.9 Å². The van der Waals surface area contributed by atoms with Crippen molar-refractivity contribution in [1.82, 2.24) is 47.4 Å². The molecule has 0 aromatic heterocycles. The molecule has 1 saturated heterocycles. The number of aromatic hydroxyl groups is 1. The molecular formula is C68H111N15O12. The molecule has 0 radical (unpaired) electrons. The summed E-state index contributed by atoms with van der Waals surface area (Å²) >= 11 is 0. The molecule has 4 rings (SSSR count). The first-order valence-electron chi connectivity index (χ1n) is 33.8. The van der Waals surface area contributed by atoms with Crippen LogP contribution in [0.1, 0.15) is 186 Å². The Bertz CT molecular complexity index is 2980. The predicted molar refractivity (Wildman–Crippen MR) is 364 cm³/mol. The van der Waals surface area contributed by atoms with E-state index in [9.17, 15) is 48.3 Å². The Hall–Kier alpha value is -8.23. The number of phenols is 1. The molecule has 2 aromatic rings. The Kier molecular flexibility index (Phi) is 32.0. The molecule has 0 aliphatic carbocycles. The zero-order valence-corrected chi connectivity index (χ0v) is 57.9. The number of hydrogen-bond acceptors (Lipinski definition) is 15. The number of fused-ring (bicyclic) bond motifs is 1. The van der Waals surface area contributed by atoms with Crippen LogP contribution >= 0.6 is 0 Å². The van der Waals surface area contributed by atoms with Crippen LogP contribution in [0, 0.1) is 55.3 Å². The van der Waals surface area contributed by atoms with Gasteiger partial charge in [0.2, 0.25) is 47.3 Å². The molecule has 2 heterocycles. The number of nitrogens with two attached hydrogens (primary N) is 4. The second-order valence-corrected chi connectivity index (χ2v) is 27.3. The first-order chi connectivity index (χ1) is 44.7. The first-order valence-corrected chi connectivity index (χ1v) is 33.8. The molecule has 2 aromatic carbocycles. The van der Waals surface area contributed by atoms with Crippen LogP contribution in [0.4, 0.5) is 0 Å². The predicted octanol–water partition coefficient (Wildman–Crippen LogP) is 3.53. The lowest BCUT2D eigenvalue weighted by molar-refractivity contribution is -0.144. The van der Waals surface area contributed by atoms with Gasteiger partial charge < -0.3 is 84.9 Å². The molecule has 19 N–H and O–H groups in total. The molecule has 530 valence electrons. The van der Waals surface area contributed by atoms with Crippen LogP contribution in [0.3, 0.4) is 0 Å². The van der Waals surface area contributed by atoms with E-state index in [1.165, 1.54) is 48.4 Å². The van der Waals surface area contributed by atoms with Gasteiger partial charge in [0.25, 0.3) is 0 Å². The average molecular weight is 1330 g/mol. The molecule has 95 heavy (non-hydrogen) atoms. The highest BCUT2D eigenvalue weighted by molar-refractivity contribution is 6.00. The monoisotopic (exact) mass is 1330 g/mol. The van der Waals surface area contributed by atoms with Gasteiger partial charge in [-0.2, -0.15) is 0 Å². The molecule has 2 aliphatic rings. The zero-order chi connectivity index (χ0) is 70.9. The first kappa shape index (κ1) is 79.2. The standard InChI is InChI=1S/C68H111N15O12/c1-38(2)17-12-18-41(7)19-13-30-68(11)31-29-47-44(10)57(42(8)43(9)58(47)95-68)94-55(86)36-54(85)77-50(21-15-33-76-67(73)74)65(93)83-34-16-22-53(83)63(91)79-49(20-14-32-75-66(71)72)60(88)82-56(40(5)6)64(92)80-51(35-45-24-26-46(84)27-25-45)61(89)81-52(37-69)62(90)78-48(59(70)87)28-23-39(3)4/h24-27,38-41,48-53,56,84H,12-23,28-37,69H2,1-11H3,(H2,70,87)(H,77,85)(H,78,90)(H,79,91)(H,80,92)(H,81,89)(H,82,88)(H4,71,72,75)(H4,73,74,76). The number of carbonyl (C=O) groups excluding carboxylic acids is 9. The van der Waals surface area contributed by atoms with Gasteiger partial charge in [-0.1, -0.05) is 86.3 Å². The fourth-order valence-electron chi connectivity index (χ4n) is 12.0. The minimum atomic E-state index is -1.41. The third-order valence-corrected chi connectivity index (χ3v) is 17.9. The average Bonchev–Trinajstić information content (AvgIpc) is 1.24. The summed E-state index contributed by atoms with van der Waals surface area (Å²) in [6.45, 7) is 21.8. The molecule has 0 saturated carbocycles. The van der Waals surface area contributed by atoms with E-state index < -0.39 is 114 Å². The van der Waals surface area contributed by atoms with Crippen molar-refractivity contribution in [3.05, 3.63) is 52.1 Å². The normalized spacial score (nSPS) is 17.3. The lowest BCUT2D eigenvalue weighted by atomic mass is 9.84. The molecule has 2 aliphatic heterocycles. The maximum absolute atomic E-state index is 14.7. The summed E-state index contributed by atoms with van der Waals surface area (Å²) < 4.78 is 12.8. The Morgan fingerprint density at radius 2 is 1.24 bits per heavy atom. The minimum Gasteiger partial charge on any atom is -0.508 e. The molecule has 9 atom stereocenters. The van der Waals surface area contributed by atoms with E-state index in [2.05, 4.69) is 70.2 Å². The summed E-state index contributed by atoms with van der Waals surface area (Å²) in [6.07, 6.45) is 9.08. The number of phenolic OH excluding ortho intramolecular Hbond substituents is 1. The fourth-order valence-corrected chi connectivity index (χ4v) is 12.0. The number of carbonyl (C=O) groups is 9. The van der Waals surface area contributed by atoms with Crippen molar-refractivity contribution in [1.29, 1.82) is 10.8 Å². The van der Waals surface area contributed by atoms with Crippen LogP contribution in [0.2, 0.25) is 0 Å². The van der Waals surface area contributed by atoms with Gasteiger partial charge in [0.05, 0.1) is 0 Å². The number of hydrogen-bond donors (Lipinski definition) is 15. The van der Waals surface area contributed by atoms with Gasteiger partial charge in [0, 0.05) is 38.2 Å². The van der Waals surface area contributed by atoms with Crippen molar-refractivity contribution in [3.63, 3.8) is 0 Å². The molecule has 27 heteroatoms. The SMILES string of the molecule is Cc1c(C)c2c(c(C)c1OC(=O)CC(=O)NC(CCCNC(=N)N)C(=O)N1CCCC1C(=O)NC(CCCNC(=N)N)C(=O)NC(C(=O)NC(Cc1ccc(O)cc1)C(=O)NC(CN)C(=O)NC(CCC(C)C)C(N)=O)C(C)C)CCC(C)(CCCC(C)CCCC(C)C)O2. The largest absolute Gasteiger partial charge is 0.508 e. The molecule has 1 fully saturated rings. The maximum atomic E-state index is 14.7. The highest BCUT2D eigenvalue weighted by Gasteiger charge is 2.41. The van der Waals surface area contributed by atoms with E-state index >= 15 is 0 Å². The molecule has 8 amide bonds. The Balaban J connectivity index is 1.52. The van der Waals surface area contributed by atoms with Gasteiger partial charge in [0.15, 0.2) is 11.9 Å². The van der Waals surface area contributed by atoms with Crippen molar-refractivity contribution in [2.45, 2.75) is 240 Å². The van der Waals surface area contributed by atoms with Crippen molar-refractivity contribution in [3.8, 4) is 17.2 Å². The summed E-state index contributed by atoms with van der Waals surface area (Å²) in [6, 6.07) is -3.11. The van der Waals surface area contributed by atoms with Gasteiger partial charge >= 0.3 is 5.97 Å². The van der Waals surface area contributed by atoms with E-state index in [0.717, 1.165) is 48.1 Å². The zero-order valence-electron chi connectivity index (χ0n) is 57.9. The highest BCUT2D eigenvalue weighted by atomic mass is 16.5. The number of rotatable bonds is 39. The van der Waals surface area contributed by atoms with Crippen LogP contribution in [0.15, 0.2) is 24.3 Å². The summed E-state index contributed by atoms with van der Waals surface area (Å²) in [5.41, 5.74) is 26.0. The summed E-state index contributed by atoms with van der Waals surface area (Å²) in [4.78, 5) is 127. The van der Waals surface area contributed by atoms with Crippen LogP contribution in [-0.4, -0.2) is 149 Å². The number of esters is 1. The van der Waals surface area contributed by atoms with E-state index in [1.807, 2.05) is 34.6 Å². The van der Waals surface area contributed by atoms with E-state index in [0.29, 0.717) is 48.0 Å². The van der Waals surface area contributed by atoms with Crippen molar-refractivity contribution in [2.75, 3.05) is 26.2 Å². The number of amides is 8. The van der Waals surface area contributed by atoms with Crippen molar-refractivity contribution < 1.29 is 57.7 Å². The van der Waals surface area contributed by atoms with Crippen molar-refractivity contribution in [2.24, 2.45) is 46.6 Å². The molecule has 27 nitrogen and oxygen atoms in total. The third-order valence-electron chi connectivity index (χ3n) is 17.9. The van der Waals surface area contributed by atoms with E-state index in [1.54, 1.807) is 13.8 Å². The van der Waals surface area contributed by atoms with Crippen LogP contribution in [0.25, 0.3) is 0 Å². The summed E-state index contributed by atoms with van der Waals surface area (Å²) in [5.74, 6) is -5.76. The summed E-state index contributed by atoms with van der Waals surface area (Å²) in [5, 5.41) is 46.7. The fraction of sp³-hybridized carbons (Fsp3) is 0.662. The minimum absolute atomic E-state index is 0.00633. The number of nitrogens with zero attached hydrogens (tertiary/aromatic N) is 1. The van der Waals surface area contributed by atoms with Gasteiger partial charge in [-0.25, -0.2) is 0 Å². The topological polar surface area (TPSA) is 444 Å². The van der Waals surface area contributed by atoms with Gasteiger partial charge in [-0.3, -0.25) is 54.0 Å². The second kappa shape index (κ2) is 38.4. The molecule has 0 bridgehead atoms. The van der Waals surface area contributed by atoms with Crippen LogP contribution in [0.5, 0.6) is 17.2 Å². The van der Waals surface area contributed by atoms with Gasteiger partial charge in [-0.05, 0) is 163 Å². The lowest BCUT2D eigenvalue weighted by Gasteiger charge is -2.38. The number of ether oxygens (including phenoxy) is 2. The van der Waals surface area contributed by atoms with Crippen molar-refractivity contribution >= 4 is 65.1 Å². The number of guanidine groups is 2. The summed E-state index contributed by atoms with van der Waals surface area (Å²) in [7, 11) is 0. The molecule has 9 unspecified atom stereocenters. The second-order valence-electron chi connectivity index (χ2n) is 27.3. The van der Waals surface area contributed by atoms with E-state index in [-0.39, 0.29) is 93.8 Å². The van der Waals surface area contributed by atoms with Gasteiger partial charge in [-0.15, -0.1) is 0 Å². The van der Waals surface area contributed by atoms with Crippen LogP contribution in [-0.2, 0) is 56.0 Å². The Morgan fingerprint density at radius 3 is 1.83 bits per heavy atom. The number of primary amides is 1. The molecule has 0 spiro atoms. The lowest BCUT2D eigenvalue weighted by Crippen LogP contribution is -2.61.